The largest absolute Gasteiger partial charge is 0.309 e. The van der Waals surface area contributed by atoms with Gasteiger partial charge in [0.2, 0.25) is 0 Å². The highest BCUT2D eigenvalue weighted by molar-refractivity contribution is 5.07. The van der Waals surface area contributed by atoms with Crippen molar-refractivity contribution in [1.29, 1.82) is 0 Å². The second-order valence-electron chi connectivity index (χ2n) is 5.61. The van der Waals surface area contributed by atoms with Crippen LogP contribution in [-0.2, 0) is 19.6 Å². The maximum Gasteiger partial charge on any atom is 0.0964 e. The van der Waals surface area contributed by atoms with Gasteiger partial charge in [-0.05, 0) is 18.7 Å². The first-order valence-electron chi connectivity index (χ1n) is 7.33. The summed E-state index contributed by atoms with van der Waals surface area (Å²) >= 11 is 0. The minimum absolute atomic E-state index is 0.459. The summed E-state index contributed by atoms with van der Waals surface area (Å²) in [6.07, 6.45) is 5.71. The number of nitrogens with zero attached hydrogens (tertiary/aromatic N) is 5. The summed E-state index contributed by atoms with van der Waals surface area (Å²) in [6, 6.07) is 4.52. The van der Waals surface area contributed by atoms with Crippen LogP contribution in [-0.4, -0.2) is 44.5 Å². The molecule has 0 aliphatic rings. The molecule has 0 aromatic carbocycles. The van der Waals surface area contributed by atoms with Crippen LogP contribution in [0.4, 0.5) is 0 Å². The average molecular weight is 288 g/mol. The van der Waals surface area contributed by atoms with Crippen molar-refractivity contribution in [2.45, 2.75) is 39.5 Å². The molecule has 0 spiro atoms. The standard InChI is InChI=1S/C15H24N6/c1-13(2)17-10-15-12-21(19-18-15)8-7-20(3)11-14-5-4-6-16-9-14/h4-6,9,12-13,17H,7-8,10-11H2,1-3H3. The Hall–Kier alpha value is -1.79. The molecule has 0 radical (unpaired) electrons. The van der Waals surface area contributed by atoms with E-state index in [9.17, 15) is 0 Å². The minimum Gasteiger partial charge on any atom is -0.309 e. The minimum atomic E-state index is 0.459. The number of pyridine rings is 1. The normalized spacial score (nSPS) is 11.5. The fourth-order valence-corrected chi connectivity index (χ4v) is 1.99. The van der Waals surface area contributed by atoms with Crippen LogP contribution < -0.4 is 5.32 Å². The third kappa shape index (κ3) is 5.61. The Labute approximate surface area is 126 Å². The van der Waals surface area contributed by atoms with Gasteiger partial charge in [0.25, 0.3) is 0 Å². The molecule has 0 atom stereocenters. The maximum absolute atomic E-state index is 4.17. The van der Waals surface area contributed by atoms with Crippen LogP contribution in [0.15, 0.2) is 30.7 Å². The van der Waals surface area contributed by atoms with Crippen LogP contribution in [0.5, 0.6) is 0 Å². The van der Waals surface area contributed by atoms with E-state index in [1.54, 1.807) is 6.20 Å². The Balaban J connectivity index is 1.75. The Morgan fingerprint density at radius 1 is 1.38 bits per heavy atom. The van der Waals surface area contributed by atoms with Crippen molar-refractivity contribution in [2.24, 2.45) is 0 Å². The number of rotatable bonds is 8. The van der Waals surface area contributed by atoms with E-state index in [1.165, 1.54) is 5.56 Å². The van der Waals surface area contributed by atoms with E-state index in [0.29, 0.717) is 6.04 Å². The predicted octanol–water partition coefficient (Wildman–Crippen LogP) is 1.30. The van der Waals surface area contributed by atoms with Crippen molar-refractivity contribution in [2.75, 3.05) is 13.6 Å². The second-order valence-corrected chi connectivity index (χ2v) is 5.61. The summed E-state index contributed by atoms with van der Waals surface area (Å²) in [5.74, 6) is 0. The molecule has 2 rings (SSSR count). The van der Waals surface area contributed by atoms with Crippen LogP contribution >= 0.6 is 0 Å². The second kappa shape index (κ2) is 7.85. The molecule has 2 heterocycles. The average Bonchev–Trinajstić information content (AvgIpc) is 2.92. The molecular weight excluding hydrogens is 264 g/mol. The number of aromatic nitrogens is 4. The van der Waals surface area contributed by atoms with Crippen LogP contribution in [0.25, 0.3) is 0 Å². The highest BCUT2D eigenvalue weighted by Gasteiger charge is 2.04. The first kappa shape index (κ1) is 15.6. The monoisotopic (exact) mass is 288 g/mol. The van der Waals surface area contributed by atoms with Crippen molar-refractivity contribution in [1.82, 2.24) is 30.2 Å². The fourth-order valence-electron chi connectivity index (χ4n) is 1.99. The van der Waals surface area contributed by atoms with Gasteiger partial charge in [-0.15, -0.1) is 5.10 Å². The van der Waals surface area contributed by atoms with Gasteiger partial charge in [-0.3, -0.25) is 9.67 Å². The van der Waals surface area contributed by atoms with Gasteiger partial charge in [0.1, 0.15) is 0 Å². The third-order valence-electron chi connectivity index (χ3n) is 3.16. The summed E-state index contributed by atoms with van der Waals surface area (Å²) in [5, 5.41) is 11.7. The molecule has 0 aliphatic heterocycles. The van der Waals surface area contributed by atoms with Crippen molar-refractivity contribution in [3.05, 3.63) is 42.0 Å². The Bertz CT molecular complexity index is 522. The molecule has 0 aliphatic carbocycles. The molecular formula is C15H24N6. The topological polar surface area (TPSA) is 58.9 Å². The van der Waals surface area contributed by atoms with Gasteiger partial charge in [-0.1, -0.05) is 25.1 Å². The van der Waals surface area contributed by atoms with E-state index in [0.717, 1.165) is 31.9 Å². The molecule has 1 N–H and O–H groups in total. The van der Waals surface area contributed by atoms with Gasteiger partial charge >= 0.3 is 0 Å². The van der Waals surface area contributed by atoms with Gasteiger partial charge in [0.05, 0.1) is 12.2 Å². The van der Waals surface area contributed by atoms with E-state index >= 15 is 0 Å². The van der Waals surface area contributed by atoms with Crippen molar-refractivity contribution in [3.8, 4) is 0 Å². The van der Waals surface area contributed by atoms with E-state index in [4.69, 9.17) is 0 Å². The zero-order chi connectivity index (χ0) is 15.1. The first-order valence-corrected chi connectivity index (χ1v) is 7.33. The molecule has 2 aromatic heterocycles. The highest BCUT2D eigenvalue weighted by Crippen LogP contribution is 2.01. The smallest absolute Gasteiger partial charge is 0.0964 e. The lowest BCUT2D eigenvalue weighted by atomic mass is 10.3. The van der Waals surface area contributed by atoms with Gasteiger partial charge in [-0.25, -0.2) is 0 Å². The lowest BCUT2D eigenvalue weighted by molar-refractivity contribution is 0.303. The van der Waals surface area contributed by atoms with Crippen molar-refractivity contribution in [3.63, 3.8) is 0 Å². The van der Waals surface area contributed by atoms with E-state index in [2.05, 4.69) is 52.5 Å². The van der Waals surface area contributed by atoms with Crippen LogP contribution in [0.2, 0.25) is 0 Å². The van der Waals surface area contributed by atoms with E-state index < -0.39 is 0 Å². The molecule has 6 nitrogen and oxygen atoms in total. The third-order valence-corrected chi connectivity index (χ3v) is 3.16. The van der Waals surface area contributed by atoms with Gasteiger partial charge < -0.3 is 10.2 Å². The quantitative estimate of drug-likeness (QED) is 0.793. The summed E-state index contributed by atoms with van der Waals surface area (Å²) in [4.78, 5) is 6.39. The van der Waals surface area contributed by atoms with Gasteiger partial charge in [0.15, 0.2) is 0 Å². The SMILES string of the molecule is CC(C)NCc1cn(CCN(C)Cc2cccnc2)nn1. The molecule has 0 fully saturated rings. The summed E-state index contributed by atoms with van der Waals surface area (Å²) in [5.41, 5.74) is 2.21. The lowest BCUT2D eigenvalue weighted by Gasteiger charge is -2.15. The Morgan fingerprint density at radius 3 is 2.95 bits per heavy atom. The first-order chi connectivity index (χ1) is 10.1. The Kier molecular flexibility index (Phi) is 5.83. The van der Waals surface area contributed by atoms with Gasteiger partial charge in [-0.2, -0.15) is 0 Å². The number of hydrogen-bond acceptors (Lipinski definition) is 5. The molecule has 0 amide bonds. The molecule has 2 aromatic rings. The van der Waals surface area contributed by atoms with Crippen LogP contribution in [0, 0.1) is 0 Å². The highest BCUT2D eigenvalue weighted by atomic mass is 15.4. The molecule has 21 heavy (non-hydrogen) atoms. The van der Waals surface area contributed by atoms with E-state index in [1.807, 2.05) is 23.1 Å². The Morgan fingerprint density at radius 2 is 2.24 bits per heavy atom. The van der Waals surface area contributed by atoms with Crippen molar-refractivity contribution < 1.29 is 0 Å². The fraction of sp³-hybridized carbons (Fsp3) is 0.533. The summed E-state index contributed by atoms with van der Waals surface area (Å²) in [7, 11) is 2.10. The van der Waals surface area contributed by atoms with Crippen LogP contribution in [0.1, 0.15) is 25.1 Å². The molecule has 114 valence electrons. The molecule has 0 bridgehead atoms. The molecule has 0 saturated heterocycles. The van der Waals surface area contributed by atoms with E-state index in [-0.39, 0.29) is 0 Å². The zero-order valence-corrected chi connectivity index (χ0v) is 13.0. The zero-order valence-electron chi connectivity index (χ0n) is 13.0. The van der Waals surface area contributed by atoms with Crippen molar-refractivity contribution >= 4 is 0 Å². The van der Waals surface area contributed by atoms with Gasteiger partial charge in [0, 0.05) is 44.3 Å². The maximum atomic E-state index is 4.17. The number of hydrogen-bond donors (Lipinski definition) is 1. The molecule has 0 unspecified atom stereocenters. The molecule has 6 heteroatoms. The number of nitrogens with one attached hydrogen (secondary N) is 1. The predicted molar refractivity (Wildman–Crippen MR) is 82.6 cm³/mol. The summed E-state index contributed by atoms with van der Waals surface area (Å²) in [6.45, 7) is 7.67. The summed E-state index contributed by atoms with van der Waals surface area (Å²) < 4.78 is 1.90. The van der Waals surface area contributed by atoms with Crippen LogP contribution in [0.3, 0.4) is 0 Å². The molecule has 0 saturated carbocycles. The lowest BCUT2D eigenvalue weighted by Crippen LogP contribution is -2.23. The number of likely N-dealkylation sites (N-methyl/N-ethyl adjacent to an activating group) is 1.